The number of amides is 3. The first-order valence-corrected chi connectivity index (χ1v) is 16.2. The molecule has 0 radical (unpaired) electrons. The molecule has 4 aromatic rings. The lowest BCUT2D eigenvalue weighted by Crippen LogP contribution is -2.41. The van der Waals surface area contributed by atoms with Crippen LogP contribution >= 0.6 is 11.8 Å². The number of benzene rings is 3. The van der Waals surface area contributed by atoms with Crippen LogP contribution in [0, 0.1) is 0 Å². The van der Waals surface area contributed by atoms with Crippen molar-refractivity contribution in [2.75, 3.05) is 36.5 Å². The van der Waals surface area contributed by atoms with Crippen molar-refractivity contribution < 1.29 is 28.3 Å². The van der Waals surface area contributed by atoms with Gasteiger partial charge in [-0.25, -0.2) is 9.79 Å². The zero-order valence-electron chi connectivity index (χ0n) is 25.8. The molecule has 3 amide bonds. The van der Waals surface area contributed by atoms with Gasteiger partial charge in [-0.05, 0) is 66.6 Å². The lowest BCUT2D eigenvalue weighted by molar-refractivity contribution is -0.126. The van der Waals surface area contributed by atoms with Crippen molar-refractivity contribution >= 4 is 51.9 Å². The Hall–Kier alpha value is -5.07. The van der Waals surface area contributed by atoms with E-state index in [9.17, 15) is 14.4 Å². The van der Waals surface area contributed by atoms with Crippen LogP contribution in [0.3, 0.4) is 0 Å². The molecule has 47 heavy (non-hydrogen) atoms. The summed E-state index contributed by atoms with van der Waals surface area (Å²) in [5.41, 5.74) is 4.00. The molecule has 242 valence electrons. The number of rotatable bonds is 10. The van der Waals surface area contributed by atoms with E-state index in [0.29, 0.717) is 29.8 Å². The minimum Gasteiger partial charge on any atom is -0.467 e. The van der Waals surface area contributed by atoms with Gasteiger partial charge in [0.1, 0.15) is 23.7 Å². The Balaban J connectivity index is 1.10. The molecule has 0 aliphatic carbocycles. The maximum absolute atomic E-state index is 13.7. The number of nitrogens with zero attached hydrogens (tertiary/aromatic N) is 3. The number of aliphatic imine (C=N–C) groups is 1. The van der Waals surface area contributed by atoms with Gasteiger partial charge in [-0.15, -0.1) is 0 Å². The summed E-state index contributed by atoms with van der Waals surface area (Å²) in [6.45, 7) is 5.05. The van der Waals surface area contributed by atoms with Gasteiger partial charge in [0.05, 0.1) is 31.7 Å². The number of furan rings is 1. The van der Waals surface area contributed by atoms with E-state index in [1.165, 1.54) is 11.8 Å². The summed E-state index contributed by atoms with van der Waals surface area (Å²) in [5.74, 6) is 0.137. The molecular formula is C35H35N5O6S. The lowest BCUT2D eigenvalue weighted by Gasteiger charge is -2.28. The molecule has 11 nitrogen and oxygen atoms in total. The predicted octanol–water partition coefficient (Wildman–Crippen LogP) is 5.87. The Labute approximate surface area is 276 Å². The Morgan fingerprint density at radius 1 is 0.979 bits per heavy atom. The Bertz CT molecular complexity index is 1690. The van der Waals surface area contributed by atoms with Crippen molar-refractivity contribution in [1.82, 2.24) is 10.2 Å². The molecule has 2 N–H and O–H groups in total. The minimum atomic E-state index is -0.832. The minimum absolute atomic E-state index is 0.104. The van der Waals surface area contributed by atoms with Crippen LogP contribution in [-0.4, -0.2) is 60.3 Å². The molecule has 0 saturated carbocycles. The first-order valence-electron chi connectivity index (χ1n) is 15.3. The van der Waals surface area contributed by atoms with Crippen LogP contribution in [-0.2, 0) is 32.2 Å². The van der Waals surface area contributed by atoms with E-state index in [2.05, 4.69) is 15.5 Å². The second-order valence-electron chi connectivity index (χ2n) is 11.1. The van der Waals surface area contributed by atoms with Crippen LogP contribution in [0.2, 0.25) is 0 Å². The van der Waals surface area contributed by atoms with E-state index < -0.39 is 23.3 Å². The Kier molecular flexibility index (Phi) is 10.2. The van der Waals surface area contributed by atoms with Gasteiger partial charge in [-0.2, -0.15) is 0 Å². The van der Waals surface area contributed by atoms with Crippen molar-refractivity contribution in [2.24, 2.45) is 4.99 Å². The molecule has 6 rings (SSSR count). The Morgan fingerprint density at radius 3 is 2.43 bits per heavy atom. The van der Waals surface area contributed by atoms with Crippen molar-refractivity contribution in [3.63, 3.8) is 0 Å². The zero-order chi connectivity index (χ0) is 32.6. The van der Waals surface area contributed by atoms with Crippen LogP contribution in [0.5, 0.6) is 0 Å². The molecule has 0 bridgehead atoms. The van der Waals surface area contributed by atoms with E-state index in [1.54, 1.807) is 36.3 Å². The van der Waals surface area contributed by atoms with Crippen LogP contribution in [0.4, 0.5) is 21.9 Å². The summed E-state index contributed by atoms with van der Waals surface area (Å²) in [4.78, 5) is 47.5. The molecule has 1 aromatic heterocycles. The van der Waals surface area contributed by atoms with Gasteiger partial charge >= 0.3 is 6.09 Å². The number of carbonyl (C=O) groups excluding carboxylic acids is 3. The van der Waals surface area contributed by atoms with Gasteiger partial charge in [-0.1, -0.05) is 54.2 Å². The second kappa shape index (κ2) is 15.0. The van der Waals surface area contributed by atoms with E-state index in [0.717, 1.165) is 35.6 Å². The van der Waals surface area contributed by atoms with Crippen molar-refractivity contribution in [2.45, 2.75) is 31.4 Å². The largest absolute Gasteiger partial charge is 0.467 e. The summed E-state index contributed by atoms with van der Waals surface area (Å²) in [6.07, 6.45) is 0.895. The number of anilines is 2. The molecular weight excluding hydrogens is 618 g/mol. The molecule has 2 fully saturated rings. The monoisotopic (exact) mass is 653 g/mol. The summed E-state index contributed by atoms with van der Waals surface area (Å²) in [7, 11) is 0. The number of hydrogen-bond donors (Lipinski definition) is 2. The normalized spacial score (nSPS) is 17.9. The molecule has 2 atom stereocenters. The highest BCUT2D eigenvalue weighted by Gasteiger charge is 2.39. The average molecular weight is 654 g/mol. The van der Waals surface area contributed by atoms with Gasteiger partial charge in [0.2, 0.25) is 11.8 Å². The first kappa shape index (κ1) is 31.9. The number of morpholine rings is 1. The van der Waals surface area contributed by atoms with Gasteiger partial charge < -0.3 is 29.4 Å². The summed E-state index contributed by atoms with van der Waals surface area (Å²) >= 11 is 1.37. The van der Waals surface area contributed by atoms with Crippen LogP contribution in [0.15, 0.2) is 107 Å². The maximum Gasteiger partial charge on any atom is 0.408 e. The first-order chi connectivity index (χ1) is 22.9. The van der Waals surface area contributed by atoms with Crippen LogP contribution in [0.25, 0.3) is 0 Å². The van der Waals surface area contributed by atoms with E-state index in [1.807, 2.05) is 72.8 Å². The van der Waals surface area contributed by atoms with E-state index >= 15 is 0 Å². The average Bonchev–Trinajstić information content (AvgIpc) is 3.73. The number of carbonyl (C=O) groups is 3. The molecule has 2 saturated heterocycles. The van der Waals surface area contributed by atoms with Crippen molar-refractivity contribution in [1.29, 1.82) is 0 Å². The molecule has 3 aromatic carbocycles. The molecule has 2 aliphatic heterocycles. The summed E-state index contributed by atoms with van der Waals surface area (Å²) < 4.78 is 16.2. The van der Waals surface area contributed by atoms with Crippen LogP contribution < -0.4 is 15.5 Å². The van der Waals surface area contributed by atoms with Gasteiger partial charge in [0.15, 0.2) is 5.17 Å². The fraction of sp³-hybridized carbons (Fsp3) is 0.257. The van der Waals surface area contributed by atoms with Gasteiger partial charge in [0, 0.05) is 24.5 Å². The topological polar surface area (TPSA) is 126 Å². The number of hydrogen-bond acceptors (Lipinski definition) is 9. The molecule has 2 unspecified atom stereocenters. The molecule has 12 heteroatoms. The number of ether oxygens (including phenoxy) is 2. The third kappa shape index (κ3) is 8.21. The van der Waals surface area contributed by atoms with E-state index in [-0.39, 0.29) is 19.1 Å². The SMILES string of the molecule is CC(NC(=O)OCc1ccccc1)C(=O)Nc1ccc(C2SC(=Nc3ccc(N4CCOCC4)cc3)N(Cc3ccco3)C2=O)cc1. The van der Waals surface area contributed by atoms with Crippen molar-refractivity contribution in [3.8, 4) is 0 Å². The van der Waals surface area contributed by atoms with Crippen LogP contribution in [0.1, 0.15) is 29.1 Å². The van der Waals surface area contributed by atoms with Gasteiger partial charge in [-0.3, -0.25) is 14.5 Å². The molecule has 2 aliphatic rings. The number of amidine groups is 1. The standard InChI is InChI=1S/C35H35N5O6S/c1-24(36-35(43)46-23-25-6-3-2-4-7-25)32(41)37-27-11-9-26(10-12-27)31-33(42)40(22-30-8-5-19-45-30)34(47-31)38-28-13-15-29(16-14-28)39-17-20-44-21-18-39/h2-16,19,24,31H,17-18,20-23H2,1H3,(H,36,43)(H,37,41). The second-order valence-corrected chi connectivity index (χ2v) is 12.1. The third-order valence-electron chi connectivity index (χ3n) is 7.71. The zero-order valence-corrected chi connectivity index (χ0v) is 26.7. The lowest BCUT2D eigenvalue weighted by atomic mass is 10.1. The highest BCUT2D eigenvalue weighted by atomic mass is 32.2. The predicted molar refractivity (Wildman–Crippen MR) is 180 cm³/mol. The molecule has 3 heterocycles. The quantitative estimate of drug-likeness (QED) is 0.218. The third-order valence-corrected chi connectivity index (χ3v) is 8.94. The highest BCUT2D eigenvalue weighted by molar-refractivity contribution is 8.15. The fourth-order valence-corrected chi connectivity index (χ4v) is 6.30. The fourth-order valence-electron chi connectivity index (χ4n) is 5.13. The maximum atomic E-state index is 13.7. The Morgan fingerprint density at radius 2 is 1.72 bits per heavy atom. The number of alkyl carbamates (subject to hydrolysis) is 1. The number of thioether (sulfide) groups is 1. The van der Waals surface area contributed by atoms with E-state index in [4.69, 9.17) is 18.9 Å². The molecule has 0 spiro atoms. The summed E-state index contributed by atoms with van der Waals surface area (Å²) in [6, 6.07) is 27.1. The highest BCUT2D eigenvalue weighted by Crippen LogP contribution is 2.41. The van der Waals surface area contributed by atoms with Gasteiger partial charge in [0.25, 0.3) is 0 Å². The number of nitrogens with one attached hydrogen (secondary N) is 2. The summed E-state index contributed by atoms with van der Waals surface area (Å²) in [5, 5.41) is 5.39. The smallest absolute Gasteiger partial charge is 0.408 e. The van der Waals surface area contributed by atoms with Crippen molar-refractivity contribution in [3.05, 3.63) is 114 Å².